The van der Waals surface area contributed by atoms with Crippen molar-refractivity contribution in [1.29, 1.82) is 0 Å². The van der Waals surface area contributed by atoms with Crippen LogP contribution in [0, 0.1) is 6.92 Å². The average Bonchev–Trinajstić information content (AvgIpc) is 2.29. The van der Waals surface area contributed by atoms with Gasteiger partial charge in [0.1, 0.15) is 17.3 Å². The first-order chi connectivity index (χ1) is 8.86. The molecule has 0 aliphatic carbocycles. The number of ether oxygens (including phenoxy) is 2. The number of aryl methyl sites for hydroxylation is 1. The van der Waals surface area contributed by atoms with Crippen LogP contribution in [0.25, 0.3) is 0 Å². The van der Waals surface area contributed by atoms with Crippen LogP contribution in [-0.4, -0.2) is 28.2 Å². The summed E-state index contributed by atoms with van der Waals surface area (Å²) >= 11 is 3.24. The first kappa shape index (κ1) is 16.8. The van der Waals surface area contributed by atoms with Gasteiger partial charge in [-0.2, -0.15) is 0 Å². The molecule has 1 rings (SSSR count). The highest BCUT2D eigenvalue weighted by Crippen LogP contribution is 2.33. The fourth-order valence-corrected chi connectivity index (χ4v) is 3.29. The maximum atomic E-state index is 11.5. The lowest BCUT2D eigenvalue weighted by Gasteiger charge is -2.13. The van der Waals surface area contributed by atoms with Gasteiger partial charge in [0.05, 0.1) is 6.61 Å². The molecule has 0 amide bonds. The van der Waals surface area contributed by atoms with Gasteiger partial charge in [-0.15, -0.1) is 0 Å². The quantitative estimate of drug-likeness (QED) is 0.544. The molecule has 0 atom stereocenters. The van der Waals surface area contributed by atoms with Gasteiger partial charge in [0.15, 0.2) is 0 Å². The molecule has 0 aliphatic rings. The molecule has 0 spiro atoms. The van der Waals surface area contributed by atoms with E-state index >= 15 is 0 Å². The van der Waals surface area contributed by atoms with Gasteiger partial charge in [0.25, 0.3) is 9.05 Å². The van der Waals surface area contributed by atoms with E-state index in [1.807, 2.05) is 6.92 Å². The first-order valence-electron chi connectivity index (χ1n) is 5.81. The zero-order valence-corrected chi connectivity index (χ0v) is 13.9. The third kappa shape index (κ3) is 5.30. The van der Waals surface area contributed by atoms with Crippen molar-refractivity contribution in [1.82, 2.24) is 0 Å². The Bertz CT molecular complexity index is 531. The summed E-state index contributed by atoms with van der Waals surface area (Å²) in [6, 6.07) is 3.20. The zero-order valence-electron chi connectivity index (χ0n) is 10.8. The van der Waals surface area contributed by atoms with E-state index in [2.05, 4.69) is 15.9 Å². The van der Waals surface area contributed by atoms with E-state index in [9.17, 15) is 8.42 Å². The number of benzene rings is 1. The molecule has 0 fully saturated rings. The SMILES string of the molecule is CCCOCCOc1c(C)cc(Br)cc1S(=O)(=O)Cl. The van der Waals surface area contributed by atoms with Gasteiger partial charge < -0.3 is 9.47 Å². The van der Waals surface area contributed by atoms with Crippen molar-refractivity contribution in [3.8, 4) is 5.75 Å². The molecule has 0 saturated heterocycles. The van der Waals surface area contributed by atoms with Gasteiger partial charge in [0, 0.05) is 21.8 Å². The van der Waals surface area contributed by atoms with E-state index in [0.717, 1.165) is 6.42 Å². The summed E-state index contributed by atoms with van der Waals surface area (Å²) in [6.07, 6.45) is 0.929. The van der Waals surface area contributed by atoms with Gasteiger partial charge in [-0.25, -0.2) is 8.42 Å². The topological polar surface area (TPSA) is 52.6 Å². The number of halogens is 2. The maximum absolute atomic E-state index is 11.5. The van der Waals surface area contributed by atoms with E-state index in [1.54, 1.807) is 13.0 Å². The minimum atomic E-state index is -3.85. The van der Waals surface area contributed by atoms with Crippen molar-refractivity contribution in [3.05, 3.63) is 22.2 Å². The Morgan fingerprint density at radius 3 is 2.53 bits per heavy atom. The maximum Gasteiger partial charge on any atom is 0.265 e. The second-order valence-electron chi connectivity index (χ2n) is 3.95. The molecule has 19 heavy (non-hydrogen) atoms. The monoisotopic (exact) mass is 370 g/mol. The lowest BCUT2D eigenvalue weighted by molar-refractivity contribution is 0.0993. The van der Waals surface area contributed by atoms with Crippen LogP contribution in [0.2, 0.25) is 0 Å². The Kier molecular flexibility index (Phi) is 6.59. The summed E-state index contributed by atoms with van der Waals surface area (Å²) in [7, 11) is 1.56. The molecular formula is C12H16BrClO4S. The predicted octanol–water partition coefficient (Wildman–Crippen LogP) is 3.49. The van der Waals surface area contributed by atoms with Gasteiger partial charge in [0.2, 0.25) is 0 Å². The minimum Gasteiger partial charge on any atom is -0.489 e. The van der Waals surface area contributed by atoms with Crippen LogP contribution >= 0.6 is 26.6 Å². The fourth-order valence-electron chi connectivity index (χ4n) is 1.51. The highest BCUT2D eigenvalue weighted by atomic mass is 79.9. The van der Waals surface area contributed by atoms with Crippen molar-refractivity contribution < 1.29 is 17.9 Å². The van der Waals surface area contributed by atoms with Crippen LogP contribution in [0.15, 0.2) is 21.5 Å². The Morgan fingerprint density at radius 1 is 1.26 bits per heavy atom. The molecule has 1 aromatic rings. The van der Waals surface area contributed by atoms with Crippen LogP contribution in [0.4, 0.5) is 0 Å². The third-order valence-corrected chi connectivity index (χ3v) is 4.08. The van der Waals surface area contributed by atoms with Crippen molar-refractivity contribution in [2.24, 2.45) is 0 Å². The Morgan fingerprint density at radius 2 is 1.95 bits per heavy atom. The molecule has 0 aromatic heterocycles. The fraction of sp³-hybridized carbons (Fsp3) is 0.500. The summed E-state index contributed by atoms with van der Waals surface area (Å²) in [6.45, 7) is 5.12. The van der Waals surface area contributed by atoms with E-state index in [1.165, 1.54) is 6.07 Å². The van der Waals surface area contributed by atoms with Gasteiger partial charge >= 0.3 is 0 Å². The largest absolute Gasteiger partial charge is 0.489 e. The lowest BCUT2D eigenvalue weighted by atomic mass is 10.2. The summed E-state index contributed by atoms with van der Waals surface area (Å²) in [5.41, 5.74) is 0.698. The second-order valence-corrected chi connectivity index (χ2v) is 7.40. The molecule has 0 unspecified atom stereocenters. The molecule has 7 heteroatoms. The van der Waals surface area contributed by atoms with Crippen LogP contribution < -0.4 is 4.74 Å². The van der Waals surface area contributed by atoms with E-state index in [0.29, 0.717) is 23.2 Å². The molecule has 0 aliphatic heterocycles. The van der Waals surface area contributed by atoms with Crippen LogP contribution in [0.1, 0.15) is 18.9 Å². The molecule has 1 aromatic carbocycles. The Hall–Kier alpha value is -0.300. The Balaban J connectivity index is 2.87. The standard InChI is InChI=1S/C12H16BrClO4S/c1-3-4-17-5-6-18-12-9(2)7-10(13)8-11(12)19(14,15)16/h7-8H,3-6H2,1-2H3. The summed E-state index contributed by atoms with van der Waals surface area (Å²) in [4.78, 5) is -0.0310. The Labute approximate surface area is 126 Å². The van der Waals surface area contributed by atoms with Gasteiger partial charge in [-0.3, -0.25) is 0 Å². The van der Waals surface area contributed by atoms with Crippen LogP contribution in [-0.2, 0) is 13.8 Å². The van der Waals surface area contributed by atoms with Gasteiger partial charge in [-0.1, -0.05) is 22.9 Å². The van der Waals surface area contributed by atoms with E-state index in [4.69, 9.17) is 20.2 Å². The van der Waals surface area contributed by atoms with Crippen molar-refractivity contribution in [2.75, 3.05) is 19.8 Å². The number of hydrogen-bond donors (Lipinski definition) is 0. The van der Waals surface area contributed by atoms with Crippen LogP contribution in [0.5, 0.6) is 5.75 Å². The van der Waals surface area contributed by atoms with Crippen molar-refractivity contribution in [3.63, 3.8) is 0 Å². The minimum absolute atomic E-state index is 0.0310. The molecular weight excluding hydrogens is 356 g/mol. The average molecular weight is 372 g/mol. The van der Waals surface area contributed by atoms with E-state index < -0.39 is 9.05 Å². The molecule has 108 valence electrons. The highest BCUT2D eigenvalue weighted by molar-refractivity contribution is 9.10. The smallest absolute Gasteiger partial charge is 0.265 e. The molecule has 0 heterocycles. The first-order valence-corrected chi connectivity index (χ1v) is 8.92. The molecule has 0 N–H and O–H groups in total. The molecule has 4 nitrogen and oxygen atoms in total. The summed E-state index contributed by atoms with van der Waals surface area (Å²) in [5, 5.41) is 0. The normalized spacial score (nSPS) is 11.6. The molecule has 0 radical (unpaired) electrons. The summed E-state index contributed by atoms with van der Waals surface area (Å²) < 4.78 is 34.5. The lowest BCUT2D eigenvalue weighted by Crippen LogP contribution is -2.10. The molecule has 0 bridgehead atoms. The third-order valence-electron chi connectivity index (χ3n) is 2.29. The summed E-state index contributed by atoms with van der Waals surface area (Å²) in [5.74, 6) is 0.276. The number of rotatable bonds is 7. The van der Waals surface area contributed by atoms with E-state index in [-0.39, 0.29) is 17.3 Å². The number of hydrogen-bond acceptors (Lipinski definition) is 4. The highest BCUT2D eigenvalue weighted by Gasteiger charge is 2.19. The second kappa shape index (κ2) is 7.47. The van der Waals surface area contributed by atoms with Crippen LogP contribution in [0.3, 0.4) is 0 Å². The van der Waals surface area contributed by atoms with Gasteiger partial charge in [-0.05, 0) is 31.0 Å². The van der Waals surface area contributed by atoms with Crippen molar-refractivity contribution in [2.45, 2.75) is 25.2 Å². The molecule has 0 saturated carbocycles. The predicted molar refractivity (Wildman–Crippen MR) is 78.5 cm³/mol. The van der Waals surface area contributed by atoms with Crippen molar-refractivity contribution >= 4 is 35.7 Å². The zero-order chi connectivity index (χ0) is 14.5.